The second kappa shape index (κ2) is 11.3. The molecule has 0 saturated carbocycles. The van der Waals surface area contributed by atoms with E-state index in [4.69, 9.17) is 9.47 Å². The van der Waals surface area contributed by atoms with Crippen LogP contribution in [0.1, 0.15) is 47.9 Å². The maximum atomic E-state index is 13.9. The number of methoxy groups -OCH3 is 2. The van der Waals surface area contributed by atoms with Crippen molar-refractivity contribution in [2.24, 2.45) is 5.92 Å². The van der Waals surface area contributed by atoms with Gasteiger partial charge in [-0.05, 0) is 42.9 Å². The van der Waals surface area contributed by atoms with Gasteiger partial charge in [0.15, 0.2) is 5.56 Å². The molecule has 190 valence electrons. The quantitative estimate of drug-likeness (QED) is 0.486. The van der Waals surface area contributed by atoms with Gasteiger partial charge in [-0.15, -0.1) is 0 Å². The number of aromatic hydroxyl groups is 1. The van der Waals surface area contributed by atoms with Gasteiger partial charge in [-0.1, -0.05) is 49.7 Å². The molecule has 1 saturated heterocycles. The Morgan fingerprint density at radius 2 is 1.78 bits per heavy atom. The number of aryl methyl sites for hydroxylation is 1. The van der Waals surface area contributed by atoms with Crippen molar-refractivity contribution in [3.63, 3.8) is 0 Å². The van der Waals surface area contributed by atoms with Gasteiger partial charge in [0.2, 0.25) is 5.88 Å². The Kier molecular flexibility index (Phi) is 7.93. The molecule has 0 spiro atoms. The summed E-state index contributed by atoms with van der Waals surface area (Å²) in [6, 6.07) is 15.3. The number of hydrogen-bond acceptors (Lipinski definition) is 6. The molecule has 1 aromatic heterocycles. The van der Waals surface area contributed by atoms with Crippen LogP contribution in [0.4, 0.5) is 0 Å². The molecule has 36 heavy (non-hydrogen) atoms. The van der Waals surface area contributed by atoms with Crippen molar-refractivity contribution >= 4 is 5.91 Å². The summed E-state index contributed by atoms with van der Waals surface area (Å²) >= 11 is 0. The lowest BCUT2D eigenvalue weighted by atomic mass is 9.99. The molecule has 1 aliphatic heterocycles. The van der Waals surface area contributed by atoms with Crippen LogP contribution in [-0.4, -0.2) is 52.8 Å². The van der Waals surface area contributed by atoms with Gasteiger partial charge < -0.3 is 19.5 Å². The largest absolute Gasteiger partial charge is 0.494 e. The maximum absolute atomic E-state index is 13.9. The number of aromatic nitrogens is 2. The first kappa shape index (κ1) is 25.3. The molecule has 2 aromatic carbocycles. The highest BCUT2D eigenvalue weighted by atomic mass is 16.5. The number of benzene rings is 2. The van der Waals surface area contributed by atoms with Gasteiger partial charge in [-0.25, -0.2) is 0 Å². The molecule has 2 heterocycles. The van der Waals surface area contributed by atoms with Crippen molar-refractivity contribution in [3.05, 3.63) is 75.8 Å². The average Bonchev–Trinajstić information content (AvgIpc) is 3.36. The summed E-state index contributed by atoms with van der Waals surface area (Å²) in [5.41, 5.74) is 0.618. The lowest BCUT2D eigenvalue weighted by Crippen LogP contribution is -2.37. The third-order valence-electron chi connectivity index (χ3n) is 6.67. The first-order valence-corrected chi connectivity index (χ1v) is 12.4. The summed E-state index contributed by atoms with van der Waals surface area (Å²) in [6.07, 6.45) is 3.75. The van der Waals surface area contributed by atoms with Crippen LogP contribution in [0.3, 0.4) is 0 Å². The predicted octanol–water partition coefficient (Wildman–Crippen LogP) is 4.00. The van der Waals surface area contributed by atoms with Crippen LogP contribution >= 0.6 is 0 Å². The number of hydrogen-bond donors (Lipinski definition) is 1. The van der Waals surface area contributed by atoms with E-state index in [2.05, 4.69) is 17.1 Å². The van der Waals surface area contributed by atoms with Crippen LogP contribution in [-0.2, 0) is 12.8 Å². The zero-order valence-electron chi connectivity index (χ0n) is 21.1. The smallest absolute Gasteiger partial charge is 0.275 e. The lowest BCUT2D eigenvalue weighted by molar-refractivity contribution is 0.0780. The summed E-state index contributed by atoms with van der Waals surface area (Å²) in [7, 11) is 3.01. The molecule has 0 radical (unpaired) electrons. The van der Waals surface area contributed by atoms with Crippen LogP contribution in [0, 0.1) is 5.92 Å². The van der Waals surface area contributed by atoms with E-state index in [1.807, 2.05) is 25.1 Å². The number of para-hydroxylation sites is 1. The predicted molar refractivity (Wildman–Crippen MR) is 137 cm³/mol. The minimum Gasteiger partial charge on any atom is -0.494 e. The zero-order chi connectivity index (χ0) is 25.7. The van der Waals surface area contributed by atoms with Crippen molar-refractivity contribution in [1.82, 2.24) is 14.5 Å². The molecular formula is C28H33N3O5. The van der Waals surface area contributed by atoms with Crippen molar-refractivity contribution in [1.29, 1.82) is 0 Å². The van der Waals surface area contributed by atoms with Crippen LogP contribution < -0.4 is 15.0 Å². The fourth-order valence-corrected chi connectivity index (χ4v) is 4.81. The minimum atomic E-state index is -0.632. The summed E-state index contributed by atoms with van der Waals surface area (Å²) in [4.78, 5) is 33.4. The molecule has 0 unspecified atom stereocenters. The molecule has 4 rings (SSSR count). The number of carbonyl (C=O) groups is 1. The summed E-state index contributed by atoms with van der Waals surface area (Å²) < 4.78 is 12.4. The third-order valence-corrected chi connectivity index (χ3v) is 6.67. The van der Waals surface area contributed by atoms with E-state index >= 15 is 0 Å². The fourth-order valence-electron chi connectivity index (χ4n) is 4.81. The Labute approximate surface area is 211 Å². The molecule has 3 aromatic rings. The van der Waals surface area contributed by atoms with Crippen molar-refractivity contribution in [2.45, 2.75) is 39.0 Å². The number of nitrogens with zero attached hydrogens (tertiary/aromatic N) is 3. The Bertz CT molecular complexity index is 1250. The first-order valence-electron chi connectivity index (χ1n) is 12.4. The van der Waals surface area contributed by atoms with Gasteiger partial charge in [0.05, 0.1) is 14.2 Å². The molecule has 1 amide bonds. The normalized spacial score (nSPS) is 15.2. The standard InChI is InChI=1S/C28H33N3O5/c1-4-5-14-23-29-26(32)24(28(34)31(23)25-21(35-2)12-9-13-22(25)36-3)27(33)30-16-15-20(18-30)17-19-10-7-6-8-11-19/h6-13,20,32H,4-5,14-18H2,1-3H3/t20-/m0/s1. The van der Waals surface area contributed by atoms with Crippen molar-refractivity contribution < 1.29 is 19.4 Å². The van der Waals surface area contributed by atoms with Crippen molar-refractivity contribution in [3.8, 4) is 23.1 Å². The maximum Gasteiger partial charge on any atom is 0.275 e. The van der Waals surface area contributed by atoms with Gasteiger partial charge in [-0.2, -0.15) is 4.98 Å². The summed E-state index contributed by atoms with van der Waals surface area (Å²) in [5, 5.41) is 10.8. The highest BCUT2D eigenvalue weighted by molar-refractivity contribution is 5.96. The summed E-state index contributed by atoms with van der Waals surface area (Å²) in [5.74, 6) is 0.403. The Hall–Kier alpha value is -3.81. The van der Waals surface area contributed by atoms with Crippen LogP contribution in [0.5, 0.6) is 17.4 Å². The zero-order valence-corrected chi connectivity index (χ0v) is 21.1. The van der Waals surface area contributed by atoms with Crippen molar-refractivity contribution in [2.75, 3.05) is 27.3 Å². The van der Waals surface area contributed by atoms with Gasteiger partial charge in [0, 0.05) is 19.5 Å². The Morgan fingerprint density at radius 3 is 2.42 bits per heavy atom. The lowest BCUT2D eigenvalue weighted by Gasteiger charge is -2.21. The van der Waals surface area contributed by atoms with Crippen LogP contribution in [0.15, 0.2) is 53.3 Å². The molecule has 1 fully saturated rings. The Balaban J connectivity index is 1.74. The number of rotatable bonds is 9. The molecule has 0 aliphatic carbocycles. The average molecular weight is 492 g/mol. The van der Waals surface area contributed by atoms with Gasteiger partial charge >= 0.3 is 0 Å². The summed E-state index contributed by atoms with van der Waals surface area (Å²) in [6.45, 7) is 3.07. The molecule has 0 bridgehead atoms. The van der Waals surface area contributed by atoms with Gasteiger partial charge in [0.1, 0.15) is 23.0 Å². The monoisotopic (exact) mass is 491 g/mol. The second-order valence-corrected chi connectivity index (χ2v) is 9.08. The highest BCUT2D eigenvalue weighted by Gasteiger charge is 2.33. The van der Waals surface area contributed by atoms with E-state index in [1.165, 1.54) is 24.4 Å². The molecule has 1 atom stereocenters. The van der Waals surface area contributed by atoms with E-state index in [1.54, 1.807) is 23.1 Å². The van der Waals surface area contributed by atoms with E-state index in [-0.39, 0.29) is 11.5 Å². The number of amides is 1. The Morgan fingerprint density at radius 1 is 1.08 bits per heavy atom. The van der Waals surface area contributed by atoms with Crippen LogP contribution in [0.2, 0.25) is 0 Å². The van der Waals surface area contributed by atoms with Crippen LogP contribution in [0.25, 0.3) is 5.69 Å². The molecule has 1 N–H and O–H groups in total. The van der Waals surface area contributed by atoms with E-state index < -0.39 is 17.3 Å². The minimum absolute atomic E-state index is 0.284. The van der Waals surface area contributed by atoms with E-state index in [9.17, 15) is 14.7 Å². The number of likely N-dealkylation sites (tertiary alicyclic amines) is 1. The molecule has 8 nitrogen and oxygen atoms in total. The van der Waals surface area contributed by atoms with E-state index in [0.29, 0.717) is 42.5 Å². The van der Waals surface area contributed by atoms with Gasteiger partial charge in [-0.3, -0.25) is 14.2 Å². The highest BCUT2D eigenvalue weighted by Crippen LogP contribution is 2.33. The fraction of sp³-hybridized carbons (Fsp3) is 0.393. The molecule has 1 aliphatic rings. The van der Waals surface area contributed by atoms with Gasteiger partial charge in [0.25, 0.3) is 11.5 Å². The topological polar surface area (TPSA) is 93.9 Å². The molecule has 8 heteroatoms. The number of unbranched alkanes of at least 4 members (excludes halogenated alkanes) is 1. The SMILES string of the molecule is CCCCc1nc(O)c(C(=O)N2CC[C@@H](Cc3ccccc3)C2)c(=O)n1-c1c(OC)cccc1OC. The van der Waals surface area contributed by atoms with E-state index in [0.717, 1.165) is 25.7 Å². The number of carbonyl (C=O) groups excluding carboxylic acids is 1. The third kappa shape index (κ3) is 5.08. The molecular weight excluding hydrogens is 458 g/mol. The second-order valence-electron chi connectivity index (χ2n) is 9.08. The number of ether oxygens (including phenoxy) is 2. The first-order chi connectivity index (χ1) is 17.5.